The van der Waals surface area contributed by atoms with E-state index in [0.29, 0.717) is 24.8 Å². The Morgan fingerprint density at radius 3 is 2.46 bits per heavy atom. The highest BCUT2D eigenvalue weighted by atomic mass is 19.4. The number of halogens is 3. The number of aromatic amines is 1. The number of alkyl halides is 3. The van der Waals surface area contributed by atoms with Crippen LogP contribution in [-0.2, 0) is 17.4 Å². The number of carboxylic acids is 1. The Morgan fingerprint density at radius 2 is 1.85 bits per heavy atom. The van der Waals surface area contributed by atoms with E-state index in [2.05, 4.69) is 42.1 Å². The molecular weight excluding hydrogens is 595 g/mol. The van der Waals surface area contributed by atoms with Crippen LogP contribution in [0.1, 0.15) is 60.2 Å². The van der Waals surface area contributed by atoms with Crippen LogP contribution in [0.25, 0.3) is 16.5 Å². The Morgan fingerprint density at radius 1 is 1.09 bits per heavy atom. The summed E-state index contributed by atoms with van der Waals surface area (Å²) in [6, 6.07) is 18.2. The zero-order valence-corrected chi connectivity index (χ0v) is 26.3. The molecule has 46 heavy (non-hydrogen) atoms. The predicted octanol–water partition coefficient (Wildman–Crippen LogP) is 8.06. The van der Waals surface area contributed by atoms with Gasteiger partial charge in [-0.3, -0.25) is 9.69 Å². The minimum atomic E-state index is -4.31. The van der Waals surface area contributed by atoms with Crippen molar-refractivity contribution in [3.05, 3.63) is 101 Å². The van der Waals surface area contributed by atoms with E-state index >= 15 is 0 Å². The normalized spacial score (nSPS) is 13.6. The molecule has 1 aromatic heterocycles. The van der Waals surface area contributed by atoms with Gasteiger partial charge in [0.1, 0.15) is 5.75 Å². The smallest absolute Gasteiger partial charge is 0.416 e. The number of aryl methyl sites for hydroxylation is 1. The molecule has 0 spiro atoms. The Labute approximate surface area is 267 Å². The number of benzene rings is 3. The van der Waals surface area contributed by atoms with Crippen molar-refractivity contribution in [1.29, 1.82) is 0 Å². The third kappa shape index (κ3) is 9.00. The number of unbranched alkanes of at least 4 members (excludes halogenated alkanes) is 1. The number of nitrogens with zero attached hydrogens (tertiary/aromatic N) is 2. The molecule has 0 atom stereocenters. The number of aromatic carboxylic acids is 1. The van der Waals surface area contributed by atoms with E-state index < -0.39 is 17.7 Å². The molecule has 0 fully saturated rings. The molecule has 5 rings (SSSR count). The van der Waals surface area contributed by atoms with Gasteiger partial charge in [-0.25, -0.2) is 4.79 Å². The number of hydrogen-bond acceptors (Lipinski definition) is 4. The summed E-state index contributed by atoms with van der Waals surface area (Å²) in [5.74, 6) is -0.381. The molecule has 0 saturated heterocycles. The number of ether oxygens (including phenoxy) is 1. The second kappa shape index (κ2) is 15.6. The van der Waals surface area contributed by atoms with Crippen LogP contribution in [0, 0.1) is 0 Å². The molecule has 0 radical (unpaired) electrons. The van der Waals surface area contributed by atoms with Gasteiger partial charge in [0.05, 0.1) is 18.2 Å². The number of methoxy groups -OCH3 is 1. The van der Waals surface area contributed by atoms with E-state index in [4.69, 9.17) is 9.84 Å². The molecule has 2 heterocycles. The van der Waals surface area contributed by atoms with Gasteiger partial charge >= 0.3 is 12.1 Å². The lowest BCUT2D eigenvalue weighted by Crippen LogP contribution is -2.34. The molecular formula is C36H40F3N3O4. The maximum Gasteiger partial charge on any atom is 0.416 e. The lowest BCUT2D eigenvalue weighted by molar-refractivity contribution is -0.137. The number of hydrogen-bond donors (Lipinski definition) is 2. The maximum atomic E-state index is 12.7. The van der Waals surface area contributed by atoms with Crippen LogP contribution in [0.2, 0.25) is 0 Å². The number of aromatic nitrogens is 1. The van der Waals surface area contributed by atoms with Crippen LogP contribution in [0.3, 0.4) is 0 Å². The topological polar surface area (TPSA) is 85.9 Å². The molecule has 1 aliphatic heterocycles. The number of carbonyl (C=O) groups excluding carboxylic acids is 1. The zero-order chi connectivity index (χ0) is 33.3. The molecule has 4 aromatic rings. The van der Waals surface area contributed by atoms with Crippen LogP contribution < -0.4 is 9.64 Å². The lowest BCUT2D eigenvalue weighted by atomic mass is 9.98. The molecule has 7 nitrogen and oxygen atoms in total. The number of fused-ring (bicyclic) bond motifs is 1. The fourth-order valence-electron chi connectivity index (χ4n) is 5.42. The molecule has 3 aromatic carbocycles. The lowest BCUT2D eigenvalue weighted by Gasteiger charge is -2.29. The summed E-state index contributed by atoms with van der Waals surface area (Å²) >= 11 is 0. The van der Waals surface area contributed by atoms with Crippen LogP contribution in [-0.4, -0.2) is 60.2 Å². The number of rotatable bonds is 11. The van der Waals surface area contributed by atoms with E-state index in [1.165, 1.54) is 42.5 Å². The van der Waals surface area contributed by atoms with Gasteiger partial charge in [-0.1, -0.05) is 24.3 Å². The number of H-pyrrole nitrogens is 1. The third-order valence-electron chi connectivity index (χ3n) is 8.15. The first-order valence-electron chi connectivity index (χ1n) is 15.3. The van der Waals surface area contributed by atoms with Crippen molar-refractivity contribution in [3.8, 4) is 5.75 Å². The molecule has 10 heteroatoms. The van der Waals surface area contributed by atoms with Crippen molar-refractivity contribution in [1.82, 2.24) is 9.88 Å². The van der Waals surface area contributed by atoms with Crippen molar-refractivity contribution < 1.29 is 32.6 Å². The standard InChI is InChI=1S/C28H32F3N3O.C8H8O3/c1-20(2)33-15-12-22(13-16-33)26-18-32-27-11-10-24(17-25(26)27)34(19-35)14-4-3-5-21-6-8-23(9-7-21)28(29,30)31;1-11-7-4-2-3-6(5-7)8(9)10/h6-12,17-20,32H,3-5,13-16H2,1-2H3;2-5H,1H3,(H,9,10). The van der Waals surface area contributed by atoms with E-state index in [1.54, 1.807) is 17.0 Å². The molecule has 2 N–H and O–H groups in total. The number of amides is 1. The first-order valence-corrected chi connectivity index (χ1v) is 15.3. The molecule has 0 unspecified atom stereocenters. The first kappa shape index (κ1) is 34.3. The van der Waals surface area contributed by atoms with Crippen molar-refractivity contribution >= 4 is 34.5 Å². The predicted molar refractivity (Wildman–Crippen MR) is 175 cm³/mol. The second-order valence-electron chi connectivity index (χ2n) is 11.5. The van der Waals surface area contributed by atoms with Gasteiger partial charge in [-0.15, -0.1) is 0 Å². The van der Waals surface area contributed by atoms with E-state index in [9.17, 15) is 22.8 Å². The Hall–Kier alpha value is -4.57. The summed E-state index contributed by atoms with van der Waals surface area (Å²) in [5.41, 5.74) is 4.90. The summed E-state index contributed by atoms with van der Waals surface area (Å²) in [7, 11) is 1.50. The number of anilines is 1. The number of carbonyl (C=O) groups is 2. The number of carboxylic acid groups (broad SMARTS) is 1. The van der Waals surface area contributed by atoms with Gasteiger partial charge < -0.3 is 19.7 Å². The fraction of sp³-hybridized carbons (Fsp3) is 0.333. The maximum absolute atomic E-state index is 12.7. The molecule has 0 saturated carbocycles. The van der Waals surface area contributed by atoms with Crippen molar-refractivity contribution in [2.45, 2.75) is 51.7 Å². The highest BCUT2D eigenvalue weighted by molar-refractivity contribution is 5.96. The third-order valence-corrected chi connectivity index (χ3v) is 8.15. The Bertz CT molecular complexity index is 1640. The van der Waals surface area contributed by atoms with Crippen LogP contribution in [0.4, 0.5) is 18.9 Å². The largest absolute Gasteiger partial charge is 0.497 e. The van der Waals surface area contributed by atoms with E-state index in [0.717, 1.165) is 73.0 Å². The second-order valence-corrected chi connectivity index (χ2v) is 11.5. The highest BCUT2D eigenvalue weighted by Crippen LogP contribution is 2.32. The quantitative estimate of drug-likeness (QED) is 0.129. The summed E-state index contributed by atoms with van der Waals surface area (Å²) in [6.45, 7) is 6.97. The van der Waals surface area contributed by atoms with Crippen LogP contribution in [0.5, 0.6) is 5.75 Å². The summed E-state index contributed by atoms with van der Waals surface area (Å²) in [5, 5.41) is 9.66. The Balaban J connectivity index is 0.000000369. The number of nitrogens with one attached hydrogen (secondary N) is 1. The minimum absolute atomic E-state index is 0.240. The fourth-order valence-corrected chi connectivity index (χ4v) is 5.42. The first-order chi connectivity index (χ1) is 22.0. The van der Waals surface area contributed by atoms with Gasteiger partial charge in [0.2, 0.25) is 6.41 Å². The van der Waals surface area contributed by atoms with Crippen LogP contribution in [0.15, 0.2) is 79.0 Å². The van der Waals surface area contributed by atoms with Gasteiger partial charge in [0.25, 0.3) is 0 Å². The molecule has 244 valence electrons. The molecule has 1 aliphatic rings. The monoisotopic (exact) mass is 635 g/mol. The van der Waals surface area contributed by atoms with Gasteiger partial charge in [0, 0.05) is 54.0 Å². The van der Waals surface area contributed by atoms with Crippen molar-refractivity contribution in [2.75, 3.05) is 31.6 Å². The average Bonchev–Trinajstić information content (AvgIpc) is 3.48. The average molecular weight is 636 g/mol. The SMILES string of the molecule is CC(C)N1CC=C(c2c[nH]c3ccc(N(C=O)CCCCc4ccc(C(F)(F)F)cc4)cc23)CC1.COc1cccc(C(=O)O)c1. The van der Waals surface area contributed by atoms with Gasteiger partial charge in [-0.2, -0.15) is 13.2 Å². The molecule has 0 aliphatic carbocycles. The summed E-state index contributed by atoms with van der Waals surface area (Å²) in [6.07, 6.45) is 4.11. The van der Waals surface area contributed by atoms with Gasteiger partial charge in [-0.05, 0) is 99.2 Å². The Kier molecular flexibility index (Phi) is 11.7. The summed E-state index contributed by atoms with van der Waals surface area (Å²) in [4.78, 5) is 29.8. The molecule has 0 bridgehead atoms. The van der Waals surface area contributed by atoms with Gasteiger partial charge in [0.15, 0.2) is 0 Å². The van der Waals surface area contributed by atoms with E-state index in [-0.39, 0.29) is 5.56 Å². The summed E-state index contributed by atoms with van der Waals surface area (Å²) < 4.78 is 43.0. The molecule has 1 amide bonds. The van der Waals surface area contributed by atoms with E-state index in [1.807, 2.05) is 12.1 Å². The van der Waals surface area contributed by atoms with Crippen molar-refractivity contribution in [2.24, 2.45) is 0 Å². The zero-order valence-electron chi connectivity index (χ0n) is 26.3. The van der Waals surface area contributed by atoms with Crippen molar-refractivity contribution in [3.63, 3.8) is 0 Å². The van der Waals surface area contributed by atoms with Crippen LogP contribution >= 0.6 is 0 Å². The minimum Gasteiger partial charge on any atom is -0.497 e. The highest BCUT2D eigenvalue weighted by Gasteiger charge is 2.29.